The number of hydrogen-bond acceptors (Lipinski definition) is 4. The number of carbonyl (C=O) groups is 2. The maximum absolute atomic E-state index is 11.5. The zero-order valence-electron chi connectivity index (χ0n) is 9.20. The number of furan rings is 1. The van der Waals surface area contributed by atoms with Crippen LogP contribution < -0.4 is 10.9 Å². The van der Waals surface area contributed by atoms with Crippen LogP contribution in [-0.2, 0) is 4.79 Å². The molecule has 2 N–H and O–H groups in total. The van der Waals surface area contributed by atoms with Crippen molar-refractivity contribution in [2.45, 2.75) is 13.3 Å². The van der Waals surface area contributed by atoms with Gasteiger partial charge in [-0.3, -0.25) is 20.4 Å². The molecule has 1 aromatic heterocycles. The summed E-state index contributed by atoms with van der Waals surface area (Å²) in [6, 6.07) is 1.55. The van der Waals surface area contributed by atoms with Gasteiger partial charge in [0.25, 0.3) is 5.91 Å². The fourth-order valence-corrected chi connectivity index (χ4v) is 1.46. The average Bonchev–Trinajstić information content (AvgIpc) is 2.69. The number of thioether (sulfide) groups is 1. The van der Waals surface area contributed by atoms with Crippen LogP contribution in [0.25, 0.3) is 0 Å². The molecule has 0 aromatic carbocycles. The van der Waals surface area contributed by atoms with Crippen LogP contribution in [0.1, 0.15) is 22.5 Å². The molecular formula is C10H14N2O3S. The maximum Gasteiger partial charge on any atom is 0.273 e. The Balaban J connectivity index is 2.36. The summed E-state index contributed by atoms with van der Waals surface area (Å²) in [6.45, 7) is 1.68. The molecule has 0 bridgehead atoms. The Bertz CT molecular complexity index is 376. The number of amides is 2. The molecule has 0 radical (unpaired) electrons. The molecule has 0 aliphatic carbocycles. The van der Waals surface area contributed by atoms with Gasteiger partial charge in [0, 0.05) is 12.2 Å². The summed E-state index contributed by atoms with van der Waals surface area (Å²) in [4.78, 5) is 22.7. The van der Waals surface area contributed by atoms with Crippen molar-refractivity contribution in [3.05, 3.63) is 23.7 Å². The first-order valence-corrected chi connectivity index (χ1v) is 6.16. The summed E-state index contributed by atoms with van der Waals surface area (Å²) in [5, 5.41) is 0. The molecule has 0 saturated heterocycles. The molecule has 0 aliphatic heterocycles. The van der Waals surface area contributed by atoms with Crippen molar-refractivity contribution in [2.24, 2.45) is 0 Å². The molecule has 0 aliphatic rings. The molecular weight excluding hydrogens is 228 g/mol. The minimum absolute atomic E-state index is 0.205. The summed E-state index contributed by atoms with van der Waals surface area (Å²) < 4.78 is 4.98. The molecule has 1 rings (SSSR count). The highest BCUT2D eigenvalue weighted by Crippen LogP contribution is 2.07. The van der Waals surface area contributed by atoms with Crippen LogP contribution in [0.3, 0.4) is 0 Å². The number of carbonyl (C=O) groups excluding carboxylic acids is 2. The van der Waals surface area contributed by atoms with Gasteiger partial charge in [-0.1, -0.05) is 0 Å². The van der Waals surface area contributed by atoms with E-state index >= 15 is 0 Å². The summed E-state index contributed by atoms with van der Waals surface area (Å²) in [5.74, 6) is 0.676. The molecule has 0 spiro atoms. The van der Waals surface area contributed by atoms with Crippen molar-refractivity contribution < 1.29 is 14.0 Å². The van der Waals surface area contributed by atoms with E-state index in [9.17, 15) is 9.59 Å². The molecule has 6 heteroatoms. The predicted molar refractivity (Wildman–Crippen MR) is 62.1 cm³/mol. The molecule has 0 saturated carbocycles. The number of rotatable bonds is 4. The van der Waals surface area contributed by atoms with Crippen molar-refractivity contribution in [1.82, 2.24) is 10.9 Å². The molecule has 0 fully saturated rings. The van der Waals surface area contributed by atoms with E-state index in [1.807, 2.05) is 6.26 Å². The second-order valence-corrected chi connectivity index (χ2v) is 4.12. The quantitative estimate of drug-likeness (QED) is 0.776. The van der Waals surface area contributed by atoms with Crippen molar-refractivity contribution in [3.8, 4) is 0 Å². The Labute approximate surface area is 97.9 Å². The van der Waals surface area contributed by atoms with E-state index < -0.39 is 0 Å². The summed E-state index contributed by atoms with van der Waals surface area (Å²) in [7, 11) is 0. The molecule has 88 valence electrons. The highest BCUT2D eigenvalue weighted by Gasteiger charge is 2.11. The number of aryl methyl sites for hydroxylation is 1. The predicted octanol–water partition coefficient (Wildman–Crippen LogP) is 1.10. The third-order valence-electron chi connectivity index (χ3n) is 1.95. The summed E-state index contributed by atoms with van der Waals surface area (Å²) in [6.07, 6.45) is 3.73. The summed E-state index contributed by atoms with van der Waals surface area (Å²) in [5.41, 5.74) is 5.09. The number of nitrogens with one attached hydrogen (secondary N) is 2. The smallest absolute Gasteiger partial charge is 0.273 e. The van der Waals surface area contributed by atoms with Crippen LogP contribution in [0.4, 0.5) is 0 Å². The van der Waals surface area contributed by atoms with E-state index in [4.69, 9.17) is 4.42 Å². The van der Waals surface area contributed by atoms with Gasteiger partial charge in [-0.2, -0.15) is 11.8 Å². The van der Waals surface area contributed by atoms with Gasteiger partial charge >= 0.3 is 0 Å². The van der Waals surface area contributed by atoms with Gasteiger partial charge < -0.3 is 4.42 Å². The van der Waals surface area contributed by atoms with Gasteiger partial charge in [-0.05, 0) is 19.2 Å². The zero-order chi connectivity index (χ0) is 12.0. The first-order valence-electron chi connectivity index (χ1n) is 4.77. The van der Waals surface area contributed by atoms with Gasteiger partial charge in [0.2, 0.25) is 5.91 Å². The minimum atomic E-state index is -0.372. The summed E-state index contributed by atoms with van der Waals surface area (Å²) >= 11 is 1.58. The Morgan fingerprint density at radius 3 is 2.75 bits per heavy atom. The van der Waals surface area contributed by atoms with Crippen molar-refractivity contribution in [1.29, 1.82) is 0 Å². The highest BCUT2D eigenvalue weighted by molar-refractivity contribution is 7.98. The first kappa shape index (κ1) is 12.6. The van der Waals surface area contributed by atoms with E-state index in [-0.39, 0.29) is 11.8 Å². The van der Waals surface area contributed by atoms with Crippen LogP contribution in [0.15, 0.2) is 16.7 Å². The van der Waals surface area contributed by atoms with Crippen molar-refractivity contribution >= 4 is 23.6 Å². The SMILES string of the molecule is CSCCC(=O)NNC(=O)c1ccoc1C. The van der Waals surface area contributed by atoms with Crippen LogP contribution in [0, 0.1) is 6.92 Å². The molecule has 1 aromatic rings. The second-order valence-electron chi connectivity index (χ2n) is 3.14. The number of hydrogen-bond donors (Lipinski definition) is 2. The third-order valence-corrected chi connectivity index (χ3v) is 2.56. The third kappa shape index (κ3) is 3.62. The molecule has 1 heterocycles. The zero-order valence-corrected chi connectivity index (χ0v) is 10.0. The van der Waals surface area contributed by atoms with Gasteiger partial charge in [0.05, 0.1) is 11.8 Å². The van der Waals surface area contributed by atoms with E-state index in [2.05, 4.69) is 10.9 Å². The molecule has 16 heavy (non-hydrogen) atoms. The van der Waals surface area contributed by atoms with Gasteiger partial charge in [-0.25, -0.2) is 0 Å². The Hall–Kier alpha value is -1.43. The lowest BCUT2D eigenvalue weighted by Gasteiger charge is -2.05. The van der Waals surface area contributed by atoms with Crippen LogP contribution in [0.5, 0.6) is 0 Å². The first-order chi connectivity index (χ1) is 7.65. The van der Waals surface area contributed by atoms with Gasteiger partial charge in [-0.15, -0.1) is 0 Å². The van der Waals surface area contributed by atoms with Gasteiger partial charge in [0.15, 0.2) is 0 Å². The maximum atomic E-state index is 11.5. The lowest BCUT2D eigenvalue weighted by Crippen LogP contribution is -2.41. The van der Waals surface area contributed by atoms with E-state index in [0.29, 0.717) is 17.7 Å². The van der Waals surface area contributed by atoms with Crippen LogP contribution in [-0.4, -0.2) is 23.8 Å². The Morgan fingerprint density at radius 2 is 2.19 bits per heavy atom. The normalized spacial score (nSPS) is 9.88. The van der Waals surface area contributed by atoms with Gasteiger partial charge in [0.1, 0.15) is 5.76 Å². The molecule has 5 nitrogen and oxygen atoms in total. The topological polar surface area (TPSA) is 71.3 Å². The Kier molecular flexibility index (Phi) is 4.91. The van der Waals surface area contributed by atoms with Crippen LogP contribution in [0.2, 0.25) is 0 Å². The standard InChI is InChI=1S/C10H14N2O3S/c1-7-8(3-5-15-7)10(14)12-11-9(13)4-6-16-2/h3,5H,4,6H2,1-2H3,(H,11,13)(H,12,14). The van der Waals surface area contributed by atoms with E-state index in [0.717, 1.165) is 5.75 Å². The lowest BCUT2D eigenvalue weighted by molar-refractivity contribution is -0.121. The van der Waals surface area contributed by atoms with E-state index in [1.165, 1.54) is 6.26 Å². The number of hydrazine groups is 1. The highest BCUT2D eigenvalue weighted by atomic mass is 32.2. The fraction of sp³-hybridized carbons (Fsp3) is 0.400. The Morgan fingerprint density at radius 1 is 1.44 bits per heavy atom. The lowest BCUT2D eigenvalue weighted by atomic mass is 10.2. The molecule has 0 unspecified atom stereocenters. The van der Waals surface area contributed by atoms with Crippen LogP contribution >= 0.6 is 11.8 Å². The largest absolute Gasteiger partial charge is 0.469 e. The fourth-order valence-electron chi connectivity index (χ4n) is 1.07. The second kappa shape index (κ2) is 6.22. The monoisotopic (exact) mass is 242 g/mol. The average molecular weight is 242 g/mol. The molecule has 2 amide bonds. The van der Waals surface area contributed by atoms with Crippen molar-refractivity contribution in [2.75, 3.05) is 12.0 Å². The minimum Gasteiger partial charge on any atom is -0.469 e. The molecule has 0 atom stereocenters. The van der Waals surface area contributed by atoms with Crippen molar-refractivity contribution in [3.63, 3.8) is 0 Å². The van der Waals surface area contributed by atoms with E-state index in [1.54, 1.807) is 24.8 Å².